The molecule has 4 saturated carbocycles. The van der Waals surface area contributed by atoms with Crippen LogP contribution < -0.4 is 0 Å². The average molecular weight is 767 g/mol. The van der Waals surface area contributed by atoms with Crippen molar-refractivity contribution in [2.24, 2.45) is 45.3 Å². The molecular weight excluding hydrogens is 696 g/mol. The van der Waals surface area contributed by atoms with Crippen molar-refractivity contribution in [2.45, 2.75) is 180 Å². The van der Waals surface area contributed by atoms with Gasteiger partial charge in [0.25, 0.3) is 0 Å². The normalized spacial score (nSPS) is 51.9. The fourth-order valence-corrected chi connectivity index (χ4v) is 12.9. The topological polar surface area (TPSA) is 199 Å². The van der Waals surface area contributed by atoms with Crippen LogP contribution in [0.5, 0.6) is 0 Å². The van der Waals surface area contributed by atoms with Crippen molar-refractivity contribution in [3.63, 3.8) is 0 Å². The summed E-state index contributed by atoms with van der Waals surface area (Å²) < 4.78 is 24.4. The summed E-state index contributed by atoms with van der Waals surface area (Å²) in [6, 6.07) is 0. The third-order valence-corrected chi connectivity index (χ3v) is 16.1. The molecule has 0 amide bonds. The summed E-state index contributed by atoms with van der Waals surface area (Å²) in [6.45, 7) is 17.1. The fourth-order valence-electron chi connectivity index (χ4n) is 12.9. The first kappa shape index (κ1) is 42.6. The largest absolute Gasteiger partial charge is 0.394 e. The molecule has 0 spiro atoms. The zero-order chi connectivity index (χ0) is 39.7. The Hall–Kier alpha value is -1.00. The molecule has 12 nitrogen and oxygen atoms in total. The molecule has 0 aromatic heterocycles. The second-order valence-corrected chi connectivity index (χ2v) is 19.4. The molecule has 0 radical (unpaired) electrons. The number of allylic oxidation sites excluding steroid dienone is 4. The van der Waals surface area contributed by atoms with Crippen LogP contribution in [0.3, 0.4) is 0 Å². The second kappa shape index (κ2) is 15.6. The maximum Gasteiger partial charge on any atom is 0.187 e. The number of aliphatic hydroxyl groups is 8. The van der Waals surface area contributed by atoms with E-state index in [4.69, 9.17) is 18.9 Å². The molecule has 6 fully saturated rings. The number of aliphatic hydroxyl groups excluding tert-OH is 8. The second-order valence-electron chi connectivity index (χ2n) is 19.4. The summed E-state index contributed by atoms with van der Waals surface area (Å²) in [4.78, 5) is 0. The Morgan fingerprint density at radius 1 is 0.667 bits per heavy atom. The van der Waals surface area contributed by atoms with Crippen LogP contribution in [-0.2, 0) is 18.9 Å². The van der Waals surface area contributed by atoms with E-state index in [0.29, 0.717) is 18.3 Å². The van der Waals surface area contributed by atoms with Crippen molar-refractivity contribution in [1.82, 2.24) is 0 Å². The summed E-state index contributed by atoms with van der Waals surface area (Å²) in [7, 11) is 0. The van der Waals surface area contributed by atoms with Gasteiger partial charge in [-0.05, 0) is 117 Å². The van der Waals surface area contributed by atoms with Crippen molar-refractivity contribution >= 4 is 0 Å². The van der Waals surface area contributed by atoms with Crippen molar-refractivity contribution in [3.05, 3.63) is 23.3 Å². The van der Waals surface area contributed by atoms with Gasteiger partial charge in [0.15, 0.2) is 12.6 Å². The van der Waals surface area contributed by atoms with E-state index in [1.165, 1.54) is 11.1 Å². The Morgan fingerprint density at radius 3 is 1.91 bits per heavy atom. The lowest BCUT2D eigenvalue weighted by molar-refractivity contribution is -0.378. The van der Waals surface area contributed by atoms with Crippen LogP contribution in [0, 0.1) is 45.3 Å². The van der Waals surface area contributed by atoms with E-state index in [0.717, 1.165) is 44.9 Å². The molecule has 54 heavy (non-hydrogen) atoms. The summed E-state index contributed by atoms with van der Waals surface area (Å²) in [5.41, 5.74) is 2.29. The molecule has 4 aliphatic carbocycles. The average Bonchev–Trinajstić information content (AvgIpc) is 3.49. The van der Waals surface area contributed by atoms with Crippen LogP contribution in [0.15, 0.2) is 23.3 Å². The molecule has 2 aliphatic heterocycles. The minimum absolute atomic E-state index is 0.00171. The lowest BCUT2D eigenvalue weighted by Crippen LogP contribution is -2.67. The molecule has 8 N–H and O–H groups in total. The molecule has 310 valence electrons. The number of rotatable bonds is 9. The number of fused-ring (bicyclic) bond motifs is 5. The van der Waals surface area contributed by atoms with E-state index in [9.17, 15) is 40.9 Å². The maximum atomic E-state index is 12.1. The van der Waals surface area contributed by atoms with Crippen molar-refractivity contribution in [1.29, 1.82) is 0 Å². The predicted molar refractivity (Wildman–Crippen MR) is 199 cm³/mol. The minimum atomic E-state index is -1.74. The smallest absolute Gasteiger partial charge is 0.187 e. The highest BCUT2D eigenvalue weighted by Gasteiger charge is 2.70. The molecule has 0 aromatic rings. The van der Waals surface area contributed by atoms with E-state index in [1.807, 2.05) is 0 Å². The molecule has 19 atom stereocenters. The van der Waals surface area contributed by atoms with Gasteiger partial charge in [-0.2, -0.15) is 0 Å². The van der Waals surface area contributed by atoms with Crippen molar-refractivity contribution in [2.75, 3.05) is 13.2 Å². The third kappa shape index (κ3) is 6.89. The Bertz CT molecular complexity index is 1380. The molecule has 6 rings (SSSR count). The van der Waals surface area contributed by atoms with E-state index in [-0.39, 0.29) is 40.3 Å². The van der Waals surface area contributed by atoms with Gasteiger partial charge >= 0.3 is 0 Å². The van der Waals surface area contributed by atoms with Crippen molar-refractivity contribution < 1.29 is 59.8 Å². The summed E-state index contributed by atoms with van der Waals surface area (Å²) in [5.74, 6) is 1.14. The quantitative estimate of drug-likeness (QED) is 0.126. The first-order valence-corrected chi connectivity index (χ1v) is 20.5. The van der Waals surface area contributed by atoms with E-state index < -0.39 is 80.0 Å². The Morgan fingerprint density at radius 2 is 1.28 bits per heavy atom. The fraction of sp³-hybridized carbons (Fsp3) is 0.905. The predicted octanol–water partition coefficient (Wildman–Crippen LogP) is 2.95. The lowest BCUT2D eigenvalue weighted by atomic mass is 9.35. The number of hydrogen-bond acceptors (Lipinski definition) is 12. The number of ether oxygens (including phenoxy) is 4. The summed E-state index contributed by atoms with van der Waals surface area (Å²) >= 11 is 0. The van der Waals surface area contributed by atoms with E-state index in [2.05, 4.69) is 67.5 Å². The molecular formula is C42H70O12. The zero-order valence-electron chi connectivity index (χ0n) is 33.7. The van der Waals surface area contributed by atoms with Gasteiger partial charge in [0.05, 0.1) is 25.4 Å². The first-order chi connectivity index (χ1) is 25.3. The van der Waals surface area contributed by atoms with E-state index >= 15 is 0 Å². The molecule has 2 saturated heterocycles. The highest BCUT2D eigenvalue weighted by molar-refractivity contribution is 5.23. The van der Waals surface area contributed by atoms with Crippen molar-refractivity contribution in [3.8, 4) is 0 Å². The molecule has 0 unspecified atom stereocenters. The summed E-state index contributed by atoms with van der Waals surface area (Å²) in [5, 5.41) is 85.4. The molecule has 6 aliphatic rings. The van der Waals surface area contributed by atoms with Crippen LogP contribution in [0.2, 0.25) is 0 Å². The van der Waals surface area contributed by atoms with Gasteiger partial charge in [-0.1, -0.05) is 57.9 Å². The van der Waals surface area contributed by atoms with Gasteiger partial charge in [0, 0.05) is 0 Å². The molecule has 2 heterocycles. The van der Waals surface area contributed by atoms with Gasteiger partial charge in [0.1, 0.15) is 48.8 Å². The molecule has 0 aromatic carbocycles. The van der Waals surface area contributed by atoms with Crippen LogP contribution >= 0.6 is 0 Å². The highest BCUT2D eigenvalue weighted by atomic mass is 16.8. The SMILES string of the molecule is CC(C)=CC/C=C(/C)[C@@H]1CC[C@@]2(C)[C@H]1[C@@H](O)C[C@H]1[C@]3(C)CC[C@@H](O[C@H]4O[C@@H](CO)[C@H](O)[C@@H](O)[C@@H]4O[C@H]4O[C@@H](CO)[C@H](O)[C@@H](O)[C@@H]4O)C(C)(C)[C@H]3CC[C@@]12C. The van der Waals surface area contributed by atoms with Gasteiger partial charge in [0.2, 0.25) is 0 Å². The van der Waals surface area contributed by atoms with E-state index in [1.54, 1.807) is 0 Å². The third-order valence-electron chi connectivity index (χ3n) is 16.1. The zero-order valence-corrected chi connectivity index (χ0v) is 33.7. The highest BCUT2D eigenvalue weighted by Crippen LogP contribution is 2.75. The van der Waals surface area contributed by atoms with Gasteiger partial charge < -0.3 is 59.8 Å². The molecule has 12 heteroatoms. The minimum Gasteiger partial charge on any atom is -0.394 e. The Labute approximate surface area is 321 Å². The Balaban J connectivity index is 1.23. The maximum absolute atomic E-state index is 12.1. The number of hydrogen-bond donors (Lipinski definition) is 8. The summed E-state index contributed by atoms with van der Waals surface area (Å²) in [6.07, 6.45) is -3.65. The van der Waals surface area contributed by atoms with Crippen LogP contribution in [0.25, 0.3) is 0 Å². The monoisotopic (exact) mass is 766 g/mol. The standard InChI is InChI=1S/C42H70O12/c1-21(2)10-9-11-22(3)23-12-16-42(8)30(23)24(45)18-28-40(6)15-14-29(39(4,5)27(40)13-17-41(28,42)7)53-38-36(34(49)32(47)26(20-44)52-38)54-37-35(50)33(48)31(46)25(19-43)51-37/h10-11,23-38,43-50H,9,12-20H2,1-8H3/b22-11-/t23-,24-,25-,26-,27+,28-,29+,30+,31-,32-,33+,34+,35-,36-,37+,38+,40+,41-,42-/m0/s1. The first-order valence-electron chi connectivity index (χ1n) is 20.5. The lowest BCUT2D eigenvalue weighted by Gasteiger charge is -2.70. The van der Waals surface area contributed by atoms with Gasteiger partial charge in [-0.25, -0.2) is 0 Å². The Kier molecular flexibility index (Phi) is 12.3. The van der Waals surface area contributed by atoms with Crippen LogP contribution in [0.4, 0.5) is 0 Å². The molecule has 0 bridgehead atoms. The van der Waals surface area contributed by atoms with Crippen LogP contribution in [0.1, 0.15) is 107 Å². The van der Waals surface area contributed by atoms with Crippen LogP contribution in [-0.4, -0.2) is 128 Å². The van der Waals surface area contributed by atoms with Gasteiger partial charge in [-0.3, -0.25) is 0 Å². The van der Waals surface area contributed by atoms with Gasteiger partial charge in [-0.15, -0.1) is 0 Å².